The second-order valence-electron chi connectivity index (χ2n) is 6.45. The zero-order valence-electron chi connectivity index (χ0n) is 15.0. The predicted molar refractivity (Wildman–Crippen MR) is 103 cm³/mol. The number of hydrogen-bond acceptors (Lipinski definition) is 4. The lowest BCUT2D eigenvalue weighted by atomic mass is 10.1. The van der Waals surface area contributed by atoms with Crippen LogP contribution in [0.3, 0.4) is 0 Å². The first-order chi connectivity index (χ1) is 12.2. The number of allylic oxidation sites excluding steroid dienone is 1. The van der Waals surface area contributed by atoms with Gasteiger partial charge in [-0.3, -0.25) is 15.3 Å². The van der Waals surface area contributed by atoms with Crippen LogP contribution in [0, 0.1) is 6.92 Å². The van der Waals surface area contributed by atoms with Crippen molar-refractivity contribution in [2.24, 2.45) is 0 Å². The summed E-state index contributed by atoms with van der Waals surface area (Å²) < 4.78 is 0. The van der Waals surface area contributed by atoms with Gasteiger partial charge in [0.1, 0.15) is 0 Å². The van der Waals surface area contributed by atoms with E-state index in [1.165, 1.54) is 11.3 Å². The highest BCUT2D eigenvalue weighted by Crippen LogP contribution is 2.31. The van der Waals surface area contributed by atoms with Crippen molar-refractivity contribution in [1.82, 2.24) is 20.6 Å². The van der Waals surface area contributed by atoms with Crippen molar-refractivity contribution in [3.8, 4) is 10.6 Å². The fourth-order valence-electron chi connectivity index (χ4n) is 3.00. The van der Waals surface area contributed by atoms with Crippen LogP contribution in [0.1, 0.15) is 60.0 Å². The Kier molecular flexibility index (Phi) is 6.04. The van der Waals surface area contributed by atoms with Crippen LogP contribution in [0.15, 0.2) is 18.2 Å². The van der Waals surface area contributed by atoms with E-state index in [2.05, 4.69) is 46.8 Å². The Morgan fingerprint density at radius 1 is 1.36 bits per heavy atom. The first-order valence-corrected chi connectivity index (χ1v) is 9.88. The molecule has 2 aromatic heterocycles. The summed E-state index contributed by atoms with van der Waals surface area (Å²) in [6.45, 7) is 5.96. The monoisotopic (exact) mass is 358 g/mol. The Balaban J connectivity index is 1.71. The molecule has 0 aromatic carbocycles. The van der Waals surface area contributed by atoms with Crippen LogP contribution in [-0.4, -0.2) is 34.2 Å². The smallest absolute Gasteiger partial charge is 0.283 e. The molecule has 25 heavy (non-hydrogen) atoms. The molecular formula is C19H26N4OS. The minimum atomic E-state index is -0.124. The summed E-state index contributed by atoms with van der Waals surface area (Å²) in [7, 11) is 0. The number of unbranched alkanes of at least 4 members (excludes halogenated alkanes) is 1. The molecule has 1 saturated heterocycles. The second kappa shape index (κ2) is 8.45. The highest BCUT2D eigenvalue weighted by Gasteiger charge is 2.20. The number of carbonyl (C=O) groups is 1. The zero-order valence-corrected chi connectivity index (χ0v) is 15.8. The van der Waals surface area contributed by atoms with Gasteiger partial charge in [-0.1, -0.05) is 25.8 Å². The third-order valence-corrected chi connectivity index (χ3v) is 5.52. The van der Waals surface area contributed by atoms with Gasteiger partial charge >= 0.3 is 0 Å². The normalized spacial score (nSPS) is 15.8. The van der Waals surface area contributed by atoms with Crippen LogP contribution in [0.5, 0.6) is 0 Å². The number of aromatic amines is 1. The number of aromatic nitrogens is 2. The van der Waals surface area contributed by atoms with Crippen LogP contribution in [0.2, 0.25) is 0 Å². The van der Waals surface area contributed by atoms with Gasteiger partial charge in [-0.05, 0) is 44.4 Å². The molecule has 6 heteroatoms. The van der Waals surface area contributed by atoms with Crippen LogP contribution >= 0.6 is 11.3 Å². The topological polar surface area (TPSA) is 61.0 Å². The van der Waals surface area contributed by atoms with Crippen molar-refractivity contribution in [2.75, 3.05) is 13.1 Å². The first kappa shape index (κ1) is 17.9. The lowest BCUT2D eigenvalue weighted by molar-refractivity contribution is 0.0744. The Labute approximate surface area is 153 Å². The molecule has 2 aromatic rings. The summed E-state index contributed by atoms with van der Waals surface area (Å²) in [5, 5.41) is 9.31. The molecule has 2 N–H and O–H groups in total. The van der Waals surface area contributed by atoms with Crippen LogP contribution in [0.4, 0.5) is 0 Å². The zero-order chi connectivity index (χ0) is 17.6. The first-order valence-electron chi connectivity index (χ1n) is 9.06. The highest BCUT2D eigenvalue weighted by molar-refractivity contribution is 7.16. The van der Waals surface area contributed by atoms with Gasteiger partial charge in [0.15, 0.2) is 5.69 Å². The molecule has 3 rings (SSSR count). The second-order valence-corrected chi connectivity index (χ2v) is 7.57. The SMILES string of the molecule is CCCC=Cc1ccc(-c2[nH]nc(C(=O)NN3CCCCC3)c2C)s1. The van der Waals surface area contributed by atoms with Crippen LogP contribution in [0.25, 0.3) is 16.6 Å². The van der Waals surface area contributed by atoms with E-state index >= 15 is 0 Å². The average Bonchev–Trinajstić information content (AvgIpc) is 3.22. The number of H-pyrrole nitrogens is 1. The fourth-order valence-corrected chi connectivity index (χ4v) is 4.00. The Morgan fingerprint density at radius 3 is 2.92 bits per heavy atom. The predicted octanol–water partition coefficient (Wildman–Crippen LogP) is 4.39. The molecule has 0 bridgehead atoms. The van der Waals surface area contributed by atoms with Gasteiger partial charge < -0.3 is 0 Å². The number of rotatable bonds is 6. The molecule has 1 aliphatic rings. The highest BCUT2D eigenvalue weighted by atomic mass is 32.1. The van der Waals surface area contributed by atoms with Crippen molar-refractivity contribution in [3.63, 3.8) is 0 Å². The number of thiophene rings is 1. The third kappa shape index (κ3) is 4.38. The van der Waals surface area contributed by atoms with E-state index in [1.807, 2.05) is 11.9 Å². The standard InChI is InChI=1S/C19H26N4OS/c1-3-4-6-9-15-10-11-16(25-15)17-14(2)18(21-20-17)19(24)22-23-12-7-5-8-13-23/h6,9-11H,3-5,7-8,12-13H2,1-2H3,(H,20,21)(H,22,24). The van der Waals surface area contributed by atoms with Crippen molar-refractivity contribution < 1.29 is 4.79 Å². The molecule has 134 valence electrons. The van der Waals surface area contributed by atoms with Gasteiger partial charge in [-0.25, -0.2) is 5.01 Å². The molecule has 3 heterocycles. The number of amides is 1. The summed E-state index contributed by atoms with van der Waals surface area (Å²) in [5.41, 5.74) is 5.31. The average molecular weight is 359 g/mol. The minimum absolute atomic E-state index is 0.124. The van der Waals surface area contributed by atoms with Gasteiger partial charge in [0.05, 0.1) is 10.6 Å². The molecule has 0 atom stereocenters. The van der Waals surface area contributed by atoms with Crippen LogP contribution in [-0.2, 0) is 0 Å². The number of piperidine rings is 1. The molecule has 1 aliphatic heterocycles. The van der Waals surface area contributed by atoms with Gasteiger partial charge in [0.2, 0.25) is 0 Å². The summed E-state index contributed by atoms with van der Waals surface area (Å²) in [6.07, 6.45) is 10.1. The molecule has 1 fully saturated rings. The van der Waals surface area contributed by atoms with E-state index in [9.17, 15) is 4.79 Å². The van der Waals surface area contributed by atoms with Gasteiger partial charge in [0, 0.05) is 23.5 Å². The van der Waals surface area contributed by atoms with E-state index in [1.54, 1.807) is 11.3 Å². The molecule has 0 spiro atoms. The molecule has 5 nitrogen and oxygen atoms in total. The van der Waals surface area contributed by atoms with Gasteiger partial charge in [0.25, 0.3) is 5.91 Å². The quantitative estimate of drug-likeness (QED) is 0.805. The minimum Gasteiger partial charge on any atom is -0.283 e. The summed E-state index contributed by atoms with van der Waals surface area (Å²) in [6, 6.07) is 4.20. The molecule has 1 amide bonds. The number of hydrogen-bond donors (Lipinski definition) is 2. The van der Waals surface area contributed by atoms with E-state index in [0.29, 0.717) is 5.69 Å². The molecule has 0 unspecified atom stereocenters. The Hall–Kier alpha value is -1.92. The largest absolute Gasteiger partial charge is 0.286 e. The lowest BCUT2D eigenvalue weighted by Gasteiger charge is -2.26. The van der Waals surface area contributed by atoms with Crippen LogP contribution < -0.4 is 5.43 Å². The van der Waals surface area contributed by atoms with E-state index in [4.69, 9.17) is 0 Å². The van der Waals surface area contributed by atoms with Gasteiger partial charge in [-0.2, -0.15) is 5.10 Å². The van der Waals surface area contributed by atoms with E-state index < -0.39 is 0 Å². The summed E-state index contributed by atoms with van der Waals surface area (Å²) >= 11 is 1.71. The maximum absolute atomic E-state index is 12.5. The summed E-state index contributed by atoms with van der Waals surface area (Å²) in [4.78, 5) is 14.8. The van der Waals surface area contributed by atoms with Crippen molar-refractivity contribution in [3.05, 3.63) is 34.3 Å². The maximum Gasteiger partial charge on any atom is 0.286 e. The van der Waals surface area contributed by atoms with Crippen molar-refractivity contribution in [1.29, 1.82) is 0 Å². The van der Waals surface area contributed by atoms with E-state index in [0.717, 1.165) is 54.9 Å². The Morgan fingerprint density at radius 2 is 2.16 bits per heavy atom. The molecule has 0 radical (unpaired) electrons. The van der Waals surface area contributed by atoms with E-state index in [-0.39, 0.29) is 5.91 Å². The summed E-state index contributed by atoms with van der Waals surface area (Å²) in [5.74, 6) is -0.124. The fraction of sp³-hybridized carbons (Fsp3) is 0.474. The van der Waals surface area contributed by atoms with Crippen molar-refractivity contribution in [2.45, 2.75) is 46.0 Å². The van der Waals surface area contributed by atoms with Crippen molar-refractivity contribution >= 4 is 23.3 Å². The number of carbonyl (C=O) groups excluding carboxylic acids is 1. The lowest BCUT2D eigenvalue weighted by Crippen LogP contribution is -2.45. The third-order valence-electron chi connectivity index (χ3n) is 4.45. The number of nitrogens with one attached hydrogen (secondary N) is 2. The Bertz CT molecular complexity index is 740. The number of nitrogens with zero attached hydrogens (tertiary/aromatic N) is 2. The molecule has 0 aliphatic carbocycles. The number of hydrazine groups is 1. The molecular weight excluding hydrogens is 332 g/mol. The molecule has 0 saturated carbocycles. The van der Waals surface area contributed by atoms with Gasteiger partial charge in [-0.15, -0.1) is 11.3 Å². The maximum atomic E-state index is 12.5.